The quantitative estimate of drug-likeness (QED) is 0.691. The molecule has 2 saturated carbocycles. The second-order valence-electron chi connectivity index (χ2n) is 9.23. The number of ether oxygens (including phenoxy) is 1. The first kappa shape index (κ1) is 18.9. The lowest BCUT2D eigenvalue weighted by Crippen LogP contribution is -2.76. The lowest BCUT2D eigenvalue weighted by atomic mass is 9.49. The highest BCUT2D eigenvalue weighted by molar-refractivity contribution is 5.90. The van der Waals surface area contributed by atoms with Crippen molar-refractivity contribution in [3.05, 3.63) is 23.3 Å². The predicted molar refractivity (Wildman–Crippen MR) is 103 cm³/mol. The van der Waals surface area contributed by atoms with Crippen LogP contribution in [0.2, 0.25) is 0 Å². The van der Waals surface area contributed by atoms with Crippen molar-refractivity contribution in [2.24, 2.45) is 5.92 Å². The van der Waals surface area contributed by atoms with Gasteiger partial charge in [-0.1, -0.05) is 6.07 Å². The molecule has 156 valence electrons. The molecule has 7 heteroatoms. The molecule has 29 heavy (non-hydrogen) atoms. The minimum atomic E-state index is -0.940. The number of carboxylic acid groups (broad SMARTS) is 1. The van der Waals surface area contributed by atoms with E-state index in [9.17, 15) is 15.0 Å². The number of aliphatic hydroxyl groups is 1. The summed E-state index contributed by atoms with van der Waals surface area (Å²) in [5.41, 5.74) is 0.454. The van der Waals surface area contributed by atoms with E-state index in [2.05, 4.69) is 4.90 Å². The molecule has 1 saturated heterocycles. The minimum absolute atomic E-state index is 0.0454. The number of aromatic hydroxyl groups is 1. The van der Waals surface area contributed by atoms with Crippen LogP contribution in [0.5, 0.6) is 11.5 Å². The van der Waals surface area contributed by atoms with E-state index in [1.165, 1.54) is 12.8 Å². The second-order valence-corrected chi connectivity index (χ2v) is 9.23. The molecule has 1 aromatic carbocycles. The fraction of sp³-hybridized carbons (Fsp3) is 0.636. The molecule has 3 fully saturated rings. The average Bonchev–Trinajstić information content (AvgIpc) is 3.39. The van der Waals surface area contributed by atoms with Gasteiger partial charge in [-0.05, 0) is 56.2 Å². The van der Waals surface area contributed by atoms with Crippen LogP contribution in [-0.4, -0.2) is 62.8 Å². The molecule has 7 nitrogen and oxygen atoms in total. The van der Waals surface area contributed by atoms with Crippen molar-refractivity contribution in [2.45, 2.75) is 68.6 Å². The lowest BCUT2D eigenvalue weighted by Gasteiger charge is -2.62. The fourth-order valence-electron chi connectivity index (χ4n) is 6.26. The Labute approximate surface area is 169 Å². The molecule has 1 spiro atoms. The zero-order valence-corrected chi connectivity index (χ0v) is 16.6. The van der Waals surface area contributed by atoms with Crippen LogP contribution in [0.1, 0.15) is 50.2 Å². The van der Waals surface area contributed by atoms with Crippen LogP contribution in [-0.2, 0) is 21.4 Å². The predicted octanol–water partition coefficient (Wildman–Crippen LogP) is 1.62. The highest BCUT2D eigenvalue weighted by atomic mass is 16.5. The Balaban J connectivity index is 0.000000419. The van der Waals surface area contributed by atoms with Gasteiger partial charge in [-0.2, -0.15) is 0 Å². The summed E-state index contributed by atoms with van der Waals surface area (Å²) in [4.78, 5) is 24.2. The normalized spacial score (nSPS) is 36.6. The second kappa shape index (κ2) is 6.19. The number of nitrogens with zero attached hydrogens (tertiary/aromatic N) is 1. The van der Waals surface area contributed by atoms with Crippen molar-refractivity contribution in [1.82, 2.24) is 4.90 Å². The number of likely N-dealkylation sites (tertiary alicyclic amines) is 1. The SMILES string of the molecule is CC(=O)O.O=C1CC[C@@]2(O)[C@H]3Cc4ccc(O)c5c4[C@@]2(CCN3CC2CC2)[C@H]1O5. The third kappa shape index (κ3) is 2.50. The van der Waals surface area contributed by atoms with Crippen LogP contribution >= 0.6 is 0 Å². The zero-order chi connectivity index (χ0) is 20.6. The summed E-state index contributed by atoms with van der Waals surface area (Å²) in [5, 5.41) is 29.7. The molecule has 1 aromatic rings. The number of rotatable bonds is 2. The molecule has 3 aliphatic carbocycles. The van der Waals surface area contributed by atoms with Crippen LogP contribution < -0.4 is 4.74 Å². The zero-order valence-electron chi connectivity index (χ0n) is 16.6. The number of benzene rings is 1. The molecule has 6 rings (SSSR count). The summed E-state index contributed by atoms with van der Waals surface area (Å²) in [6, 6.07) is 3.69. The Kier molecular flexibility index (Phi) is 4.03. The van der Waals surface area contributed by atoms with Gasteiger partial charge in [-0.3, -0.25) is 14.5 Å². The topological polar surface area (TPSA) is 107 Å². The maximum Gasteiger partial charge on any atom is 0.300 e. The monoisotopic (exact) mass is 401 g/mol. The largest absolute Gasteiger partial charge is 0.504 e. The Bertz CT molecular complexity index is 892. The maximum absolute atomic E-state index is 12.7. The van der Waals surface area contributed by atoms with Gasteiger partial charge < -0.3 is 20.1 Å². The maximum atomic E-state index is 12.7. The van der Waals surface area contributed by atoms with Crippen LogP contribution in [0.15, 0.2) is 12.1 Å². The van der Waals surface area contributed by atoms with Crippen molar-refractivity contribution in [1.29, 1.82) is 0 Å². The number of aliphatic carboxylic acids is 1. The standard InChI is InChI=1S/C20H23NO4.C2H4O2/c22-13-4-3-12-9-15-20(24)6-5-14(23)18-19(20,16(12)17(13)25-18)7-8-21(15)10-11-1-2-11;1-2(3)4/h3-4,11,15,18,22,24H,1-2,5-10H2;1H3,(H,3,4)/t15-,18+,19+,20-;/m1./s1. The molecular weight excluding hydrogens is 374 g/mol. The summed E-state index contributed by atoms with van der Waals surface area (Å²) in [6.07, 6.45) is 4.33. The van der Waals surface area contributed by atoms with Crippen LogP contribution in [0.3, 0.4) is 0 Å². The molecule has 4 atom stereocenters. The van der Waals surface area contributed by atoms with Gasteiger partial charge in [0.05, 0.1) is 11.0 Å². The number of hydrogen-bond donors (Lipinski definition) is 3. The Morgan fingerprint density at radius 1 is 1.31 bits per heavy atom. The van der Waals surface area contributed by atoms with Gasteiger partial charge in [0.2, 0.25) is 0 Å². The van der Waals surface area contributed by atoms with E-state index < -0.39 is 23.1 Å². The lowest BCUT2D eigenvalue weighted by molar-refractivity contribution is -0.188. The number of carboxylic acids is 1. The first-order valence-electron chi connectivity index (χ1n) is 10.5. The van der Waals surface area contributed by atoms with Gasteiger partial charge in [-0.25, -0.2) is 0 Å². The number of carbonyl (C=O) groups is 2. The molecule has 5 aliphatic rings. The summed E-state index contributed by atoms with van der Waals surface area (Å²) in [6.45, 7) is 3.04. The van der Waals surface area contributed by atoms with Crippen LogP contribution in [0.25, 0.3) is 0 Å². The third-order valence-electron chi connectivity index (χ3n) is 7.56. The summed E-state index contributed by atoms with van der Waals surface area (Å²) in [5.74, 6) is 0.555. The number of phenolic OH excluding ortho intramolecular Hbond substituents is 1. The number of carbonyl (C=O) groups excluding carboxylic acids is 1. The molecule has 0 amide bonds. The molecule has 2 heterocycles. The molecule has 3 N–H and O–H groups in total. The Morgan fingerprint density at radius 3 is 2.72 bits per heavy atom. The van der Waals surface area contributed by atoms with Crippen molar-refractivity contribution < 1.29 is 29.6 Å². The summed E-state index contributed by atoms with van der Waals surface area (Å²) in [7, 11) is 0. The van der Waals surface area contributed by atoms with Crippen molar-refractivity contribution >= 4 is 11.8 Å². The van der Waals surface area contributed by atoms with E-state index in [1.54, 1.807) is 6.07 Å². The first-order chi connectivity index (χ1) is 13.8. The Hall–Kier alpha value is -2.12. The summed E-state index contributed by atoms with van der Waals surface area (Å²) < 4.78 is 6.04. The Morgan fingerprint density at radius 2 is 2.03 bits per heavy atom. The van der Waals surface area contributed by atoms with Crippen molar-refractivity contribution in [3.63, 3.8) is 0 Å². The fourth-order valence-corrected chi connectivity index (χ4v) is 6.26. The molecule has 0 radical (unpaired) electrons. The molecular formula is C22H27NO6. The number of hydrogen-bond acceptors (Lipinski definition) is 6. The van der Waals surface area contributed by atoms with Gasteiger partial charge in [0.1, 0.15) is 0 Å². The van der Waals surface area contributed by atoms with E-state index in [-0.39, 0.29) is 17.6 Å². The highest BCUT2D eigenvalue weighted by Gasteiger charge is 2.73. The van der Waals surface area contributed by atoms with Gasteiger partial charge >= 0.3 is 0 Å². The van der Waals surface area contributed by atoms with Crippen molar-refractivity contribution in [2.75, 3.05) is 13.1 Å². The smallest absolute Gasteiger partial charge is 0.300 e. The van der Waals surface area contributed by atoms with E-state index in [4.69, 9.17) is 14.6 Å². The van der Waals surface area contributed by atoms with E-state index in [1.807, 2.05) is 6.07 Å². The molecule has 2 bridgehead atoms. The molecule has 0 aromatic heterocycles. The number of ketones is 1. The van der Waals surface area contributed by atoms with Crippen LogP contribution in [0, 0.1) is 5.92 Å². The highest BCUT2D eigenvalue weighted by Crippen LogP contribution is 2.64. The van der Waals surface area contributed by atoms with Gasteiger partial charge in [0.15, 0.2) is 23.4 Å². The van der Waals surface area contributed by atoms with Gasteiger partial charge in [0, 0.05) is 31.5 Å². The molecule has 2 aliphatic heterocycles. The third-order valence-corrected chi connectivity index (χ3v) is 7.56. The van der Waals surface area contributed by atoms with E-state index in [0.29, 0.717) is 18.6 Å². The molecule has 0 unspecified atom stereocenters. The van der Waals surface area contributed by atoms with Crippen LogP contribution in [0.4, 0.5) is 0 Å². The average molecular weight is 401 g/mol. The van der Waals surface area contributed by atoms with E-state index in [0.717, 1.165) is 49.9 Å². The minimum Gasteiger partial charge on any atom is -0.504 e. The van der Waals surface area contributed by atoms with Gasteiger partial charge in [-0.15, -0.1) is 0 Å². The van der Waals surface area contributed by atoms with Crippen molar-refractivity contribution in [3.8, 4) is 11.5 Å². The van der Waals surface area contributed by atoms with E-state index >= 15 is 0 Å². The van der Waals surface area contributed by atoms with Gasteiger partial charge in [0.25, 0.3) is 5.97 Å². The summed E-state index contributed by atoms with van der Waals surface area (Å²) >= 11 is 0. The number of phenols is 1. The number of piperidine rings is 1. The number of Topliss-reactive ketones (excluding diaryl/α,β-unsaturated/α-hetero) is 1. The first-order valence-corrected chi connectivity index (χ1v) is 10.5.